The van der Waals surface area contributed by atoms with E-state index in [4.69, 9.17) is 10.2 Å². The first-order chi connectivity index (χ1) is 9.22. The zero-order valence-corrected chi connectivity index (χ0v) is 11.0. The van der Waals surface area contributed by atoms with E-state index in [9.17, 15) is 4.79 Å². The molecule has 1 rings (SSSR count). The summed E-state index contributed by atoms with van der Waals surface area (Å²) in [6.45, 7) is 2.57. The lowest BCUT2D eigenvalue weighted by atomic mass is 10.2. The highest BCUT2D eigenvalue weighted by molar-refractivity contribution is 5.94. The summed E-state index contributed by atoms with van der Waals surface area (Å²) in [7, 11) is 0. The van der Waals surface area contributed by atoms with Crippen LogP contribution in [0.3, 0.4) is 0 Å². The molecule has 0 saturated carbocycles. The third kappa shape index (κ3) is 4.70. The Morgan fingerprint density at radius 3 is 2.79 bits per heavy atom. The maximum Gasteiger partial charge on any atom is 0.255 e. The van der Waals surface area contributed by atoms with E-state index in [1.165, 1.54) is 12.4 Å². The molecule has 5 heteroatoms. The Balaban J connectivity index is 2.91. The second-order valence-corrected chi connectivity index (χ2v) is 3.94. The lowest BCUT2D eigenvalue weighted by Crippen LogP contribution is -2.34. The second-order valence-electron chi connectivity index (χ2n) is 3.94. The van der Waals surface area contributed by atoms with Gasteiger partial charge in [0.1, 0.15) is 6.61 Å². The molecule has 0 saturated heterocycles. The van der Waals surface area contributed by atoms with Crippen molar-refractivity contribution in [3.8, 4) is 11.8 Å². The minimum absolute atomic E-state index is 0.0663. The van der Waals surface area contributed by atoms with E-state index in [0.717, 1.165) is 6.42 Å². The van der Waals surface area contributed by atoms with Gasteiger partial charge in [0.05, 0.1) is 12.2 Å². The van der Waals surface area contributed by atoms with Crippen LogP contribution < -0.4 is 0 Å². The SMILES string of the molecule is CCCN(CCO)C(=O)c1cncc(C#CCO)c1. The third-order valence-electron chi connectivity index (χ3n) is 2.45. The van der Waals surface area contributed by atoms with Crippen LogP contribution >= 0.6 is 0 Å². The fourth-order valence-corrected chi connectivity index (χ4v) is 1.65. The Morgan fingerprint density at radius 2 is 2.16 bits per heavy atom. The van der Waals surface area contributed by atoms with E-state index >= 15 is 0 Å². The number of amides is 1. The zero-order chi connectivity index (χ0) is 14.1. The molecule has 19 heavy (non-hydrogen) atoms. The first-order valence-corrected chi connectivity index (χ1v) is 6.17. The highest BCUT2D eigenvalue weighted by atomic mass is 16.3. The van der Waals surface area contributed by atoms with E-state index in [-0.39, 0.29) is 19.1 Å². The van der Waals surface area contributed by atoms with Crippen LogP contribution in [0.25, 0.3) is 0 Å². The molecule has 5 nitrogen and oxygen atoms in total. The van der Waals surface area contributed by atoms with E-state index in [1.807, 2.05) is 6.92 Å². The topological polar surface area (TPSA) is 73.7 Å². The molecule has 1 aromatic rings. The molecule has 2 N–H and O–H groups in total. The van der Waals surface area contributed by atoms with Crippen molar-refractivity contribution in [1.29, 1.82) is 0 Å². The summed E-state index contributed by atoms with van der Waals surface area (Å²) in [5, 5.41) is 17.6. The first kappa shape index (κ1) is 15.2. The number of rotatable bonds is 5. The molecule has 0 bridgehead atoms. The molecular weight excluding hydrogens is 244 g/mol. The minimum Gasteiger partial charge on any atom is -0.395 e. The molecular formula is C14H18N2O3. The van der Waals surface area contributed by atoms with Crippen molar-refractivity contribution in [1.82, 2.24) is 9.88 Å². The standard InChI is InChI=1S/C14H18N2O3/c1-2-5-16(6-8-18)14(19)13-9-12(4-3-7-17)10-15-11-13/h9-11,17-18H,2,5-8H2,1H3. The van der Waals surface area contributed by atoms with Crippen molar-refractivity contribution in [2.24, 2.45) is 0 Å². The number of carbonyl (C=O) groups is 1. The predicted molar refractivity (Wildman–Crippen MR) is 71.5 cm³/mol. The summed E-state index contributed by atoms with van der Waals surface area (Å²) in [5.74, 6) is 5.05. The summed E-state index contributed by atoms with van der Waals surface area (Å²) in [5.41, 5.74) is 1.02. The molecule has 0 spiro atoms. The Kier molecular flexibility index (Phi) is 6.58. The van der Waals surface area contributed by atoms with Crippen molar-refractivity contribution in [2.45, 2.75) is 13.3 Å². The van der Waals surface area contributed by atoms with Gasteiger partial charge in [-0.05, 0) is 12.5 Å². The molecule has 0 aliphatic carbocycles. The highest BCUT2D eigenvalue weighted by Crippen LogP contribution is 2.06. The highest BCUT2D eigenvalue weighted by Gasteiger charge is 2.14. The van der Waals surface area contributed by atoms with Gasteiger partial charge in [-0.3, -0.25) is 9.78 Å². The summed E-state index contributed by atoms with van der Waals surface area (Å²) in [6, 6.07) is 1.64. The lowest BCUT2D eigenvalue weighted by molar-refractivity contribution is 0.0721. The quantitative estimate of drug-likeness (QED) is 0.747. The summed E-state index contributed by atoms with van der Waals surface area (Å²) in [6.07, 6.45) is 3.84. The van der Waals surface area contributed by atoms with Gasteiger partial charge in [0.15, 0.2) is 0 Å². The first-order valence-electron chi connectivity index (χ1n) is 6.17. The second kappa shape index (κ2) is 8.25. The zero-order valence-electron chi connectivity index (χ0n) is 11.0. The smallest absolute Gasteiger partial charge is 0.255 e. The van der Waals surface area contributed by atoms with Crippen LogP contribution in [0.2, 0.25) is 0 Å². The molecule has 0 unspecified atom stereocenters. The molecule has 0 radical (unpaired) electrons. The van der Waals surface area contributed by atoms with Gasteiger partial charge < -0.3 is 15.1 Å². The Labute approximate surface area is 112 Å². The number of hydrogen-bond acceptors (Lipinski definition) is 4. The fraction of sp³-hybridized carbons (Fsp3) is 0.429. The summed E-state index contributed by atoms with van der Waals surface area (Å²) < 4.78 is 0. The molecule has 0 atom stereocenters. The summed E-state index contributed by atoms with van der Waals surface area (Å²) >= 11 is 0. The molecule has 0 aromatic carbocycles. The van der Waals surface area contributed by atoms with Crippen molar-refractivity contribution >= 4 is 5.91 Å². The number of nitrogens with zero attached hydrogens (tertiary/aromatic N) is 2. The lowest BCUT2D eigenvalue weighted by Gasteiger charge is -2.20. The fourth-order valence-electron chi connectivity index (χ4n) is 1.65. The van der Waals surface area contributed by atoms with Crippen LogP contribution in [0, 0.1) is 11.8 Å². The average molecular weight is 262 g/mol. The van der Waals surface area contributed by atoms with Gasteiger partial charge in [0, 0.05) is 31.0 Å². The molecule has 1 heterocycles. The average Bonchev–Trinajstić information content (AvgIpc) is 2.44. The molecule has 1 aromatic heterocycles. The Morgan fingerprint density at radius 1 is 1.37 bits per heavy atom. The number of aliphatic hydroxyl groups is 2. The Hall–Kier alpha value is -1.90. The largest absolute Gasteiger partial charge is 0.395 e. The van der Waals surface area contributed by atoms with Gasteiger partial charge in [-0.1, -0.05) is 18.8 Å². The number of aliphatic hydroxyl groups excluding tert-OH is 2. The minimum atomic E-state index is -0.232. The molecule has 102 valence electrons. The third-order valence-corrected chi connectivity index (χ3v) is 2.45. The number of aromatic nitrogens is 1. The number of pyridine rings is 1. The van der Waals surface area contributed by atoms with Gasteiger partial charge in [-0.2, -0.15) is 0 Å². The predicted octanol–water partition coefficient (Wildman–Crippen LogP) is 0.270. The normalized spacial score (nSPS) is 9.63. The van der Waals surface area contributed by atoms with Gasteiger partial charge in [0.25, 0.3) is 5.91 Å². The maximum absolute atomic E-state index is 12.2. The van der Waals surface area contributed by atoms with Gasteiger partial charge in [0.2, 0.25) is 0 Å². The molecule has 0 fully saturated rings. The monoisotopic (exact) mass is 262 g/mol. The van der Waals surface area contributed by atoms with Crippen LogP contribution in [0.1, 0.15) is 29.3 Å². The van der Waals surface area contributed by atoms with Crippen LogP contribution in [0.5, 0.6) is 0 Å². The van der Waals surface area contributed by atoms with Crippen LogP contribution in [-0.2, 0) is 0 Å². The van der Waals surface area contributed by atoms with E-state index < -0.39 is 0 Å². The maximum atomic E-state index is 12.2. The Bertz CT molecular complexity index is 471. The van der Waals surface area contributed by atoms with Crippen molar-refractivity contribution in [3.63, 3.8) is 0 Å². The van der Waals surface area contributed by atoms with Gasteiger partial charge >= 0.3 is 0 Å². The van der Waals surface area contributed by atoms with Crippen LogP contribution in [-0.4, -0.2) is 52.3 Å². The van der Waals surface area contributed by atoms with Crippen LogP contribution in [0.4, 0.5) is 0 Å². The van der Waals surface area contributed by atoms with E-state index in [1.54, 1.807) is 11.0 Å². The van der Waals surface area contributed by atoms with Gasteiger partial charge in [-0.25, -0.2) is 0 Å². The van der Waals surface area contributed by atoms with E-state index in [2.05, 4.69) is 16.8 Å². The molecule has 0 aliphatic heterocycles. The summed E-state index contributed by atoms with van der Waals surface area (Å²) in [4.78, 5) is 17.8. The van der Waals surface area contributed by atoms with Crippen molar-refractivity contribution < 1.29 is 15.0 Å². The molecule has 1 amide bonds. The van der Waals surface area contributed by atoms with E-state index in [0.29, 0.717) is 24.2 Å². The molecule has 0 aliphatic rings. The number of carbonyl (C=O) groups excluding carboxylic acids is 1. The van der Waals surface area contributed by atoms with Crippen molar-refractivity contribution in [2.75, 3.05) is 26.3 Å². The van der Waals surface area contributed by atoms with Gasteiger partial charge in [-0.15, -0.1) is 0 Å². The van der Waals surface area contributed by atoms with Crippen molar-refractivity contribution in [3.05, 3.63) is 29.6 Å². The van der Waals surface area contributed by atoms with Crippen LogP contribution in [0.15, 0.2) is 18.5 Å². The number of hydrogen-bond donors (Lipinski definition) is 2.